The highest BCUT2D eigenvalue weighted by atomic mass is 35.5. The van der Waals surface area contributed by atoms with Crippen molar-refractivity contribution in [2.24, 2.45) is 0 Å². The largest absolute Gasteiger partial charge is 0.497 e. The Bertz CT molecular complexity index is 615. The molecule has 2 aromatic rings. The van der Waals surface area contributed by atoms with Crippen LogP contribution in [-0.2, 0) is 6.42 Å². The molecule has 0 saturated heterocycles. The standard InChI is InChI=1S/C16H17ClN2O/c1-20-12-8-7-11-4-2-5-14(13(11)10-12)19-15-6-3-9-18-16(15)17/h3,6-10,14,19H,2,4-5H2,1H3. The maximum atomic E-state index is 6.13. The van der Waals surface area contributed by atoms with Crippen molar-refractivity contribution in [3.63, 3.8) is 0 Å². The molecule has 104 valence electrons. The molecule has 0 fully saturated rings. The maximum absolute atomic E-state index is 6.13. The number of hydrogen-bond donors (Lipinski definition) is 1. The molecule has 3 rings (SSSR count). The van der Waals surface area contributed by atoms with Gasteiger partial charge in [-0.1, -0.05) is 17.7 Å². The minimum atomic E-state index is 0.260. The van der Waals surface area contributed by atoms with Crippen LogP contribution in [0, 0.1) is 0 Å². The number of fused-ring (bicyclic) bond motifs is 1. The Morgan fingerprint density at radius 3 is 3.05 bits per heavy atom. The number of aromatic nitrogens is 1. The van der Waals surface area contributed by atoms with Gasteiger partial charge in [0.2, 0.25) is 0 Å². The van der Waals surface area contributed by atoms with Crippen molar-refractivity contribution >= 4 is 17.3 Å². The minimum absolute atomic E-state index is 0.260. The minimum Gasteiger partial charge on any atom is -0.497 e. The highest BCUT2D eigenvalue weighted by Gasteiger charge is 2.21. The summed E-state index contributed by atoms with van der Waals surface area (Å²) in [6.45, 7) is 0. The molecule has 0 saturated carbocycles. The molecule has 1 aromatic carbocycles. The molecule has 3 nitrogen and oxygen atoms in total. The number of aryl methyl sites for hydroxylation is 1. The number of benzene rings is 1. The summed E-state index contributed by atoms with van der Waals surface area (Å²) in [5.41, 5.74) is 3.57. The first-order valence-electron chi connectivity index (χ1n) is 6.82. The molecule has 1 aromatic heterocycles. The molecule has 1 aliphatic carbocycles. The molecule has 1 aliphatic rings. The van der Waals surface area contributed by atoms with Gasteiger partial charge in [-0.2, -0.15) is 0 Å². The fourth-order valence-electron chi connectivity index (χ4n) is 2.74. The van der Waals surface area contributed by atoms with Crippen LogP contribution in [0.4, 0.5) is 5.69 Å². The van der Waals surface area contributed by atoms with Crippen LogP contribution >= 0.6 is 11.6 Å². The van der Waals surface area contributed by atoms with Crippen LogP contribution in [-0.4, -0.2) is 12.1 Å². The predicted molar refractivity (Wildman–Crippen MR) is 81.5 cm³/mol. The summed E-state index contributed by atoms with van der Waals surface area (Å²) < 4.78 is 5.34. The third-order valence-electron chi connectivity index (χ3n) is 3.76. The number of methoxy groups -OCH3 is 1. The molecule has 20 heavy (non-hydrogen) atoms. The zero-order chi connectivity index (χ0) is 13.9. The first-order chi connectivity index (χ1) is 9.78. The monoisotopic (exact) mass is 288 g/mol. The predicted octanol–water partition coefficient (Wildman–Crippen LogP) is 4.23. The van der Waals surface area contributed by atoms with Crippen molar-refractivity contribution in [2.45, 2.75) is 25.3 Å². The molecule has 0 aliphatic heterocycles. The summed E-state index contributed by atoms with van der Waals surface area (Å²) in [6, 6.07) is 10.4. The van der Waals surface area contributed by atoms with Gasteiger partial charge < -0.3 is 10.1 Å². The SMILES string of the molecule is COc1ccc2c(c1)C(Nc1cccnc1Cl)CCC2. The van der Waals surface area contributed by atoms with Gasteiger partial charge in [-0.25, -0.2) is 4.98 Å². The highest BCUT2D eigenvalue weighted by molar-refractivity contribution is 6.31. The molecule has 4 heteroatoms. The Kier molecular flexibility index (Phi) is 3.79. The van der Waals surface area contributed by atoms with Gasteiger partial charge in [0.25, 0.3) is 0 Å². The van der Waals surface area contributed by atoms with Gasteiger partial charge >= 0.3 is 0 Å². The van der Waals surface area contributed by atoms with Crippen LogP contribution in [0.15, 0.2) is 36.5 Å². The molecule has 0 radical (unpaired) electrons. The van der Waals surface area contributed by atoms with Crippen molar-refractivity contribution < 1.29 is 4.74 Å². The number of hydrogen-bond acceptors (Lipinski definition) is 3. The number of anilines is 1. The number of ether oxygens (including phenoxy) is 1. The molecule has 1 unspecified atom stereocenters. The normalized spacial score (nSPS) is 17.4. The number of halogens is 1. The molecule has 1 heterocycles. The summed E-state index contributed by atoms with van der Waals surface area (Å²) in [6.07, 6.45) is 5.09. The number of pyridine rings is 1. The van der Waals surface area contributed by atoms with Gasteiger partial charge in [0.05, 0.1) is 18.8 Å². The van der Waals surface area contributed by atoms with Crippen molar-refractivity contribution in [3.05, 3.63) is 52.8 Å². The van der Waals surface area contributed by atoms with Crippen LogP contribution in [0.25, 0.3) is 0 Å². The summed E-state index contributed by atoms with van der Waals surface area (Å²) >= 11 is 6.13. The lowest BCUT2D eigenvalue weighted by Gasteiger charge is -2.27. The lowest BCUT2D eigenvalue weighted by molar-refractivity contribution is 0.413. The summed E-state index contributed by atoms with van der Waals surface area (Å²) in [5, 5.41) is 4.02. The molecular formula is C16H17ClN2O. The second kappa shape index (κ2) is 5.71. The highest BCUT2D eigenvalue weighted by Crippen LogP contribution is 2.35. The Morgan fingerprint density at radius 1 is 1.35 bits per heavy atom. The van der Waals surface area contributed by atoms with E-state index in [1.54, 1.807) is 13.3 Å². The molecule has 0 amide bonds. The third-order valence-corrected chi connectivity index (χ3v) is 4.06. The summed E-state index contributed by atoms with van der Waals surface area (Å²) in [7, 11) is 1.70. The Balaban J connectivity index is 1.91. The van der Waals surface area contributed by atoms with E-state index < -0.39 is 0 Å². The second-order valence-corrected chi connectivity index (χ2v) is 5.35. The van der Waals surface area contributed by atoms with E-state index in [1.165, 1.54) is 17.5 Å². The lowest BCUT2D eigenvalue weighted by atomic mass is 9.87. The first-order valence-corrected chi connectivity index (χ1v) is 7.19. The third kappa shape index (κ3) is 2.59. The number of nitrogens with zero attached hydrogens (tertiary/aromatic N) is 1. The van der Waals surface area contributed by atoms with E-state index in [-0.39, 0.29) is 6.04 Å². The quantitative estimate of drug-likeness (QED) is 0.858. The van der Waals surface area contributed by atoms with E-state index in [1.807, 2.05) is 18.2 Å². The van der Waals surface area contributed by atoms with E-state index >= 15 is 0 Å². The fourth-order valence-corrected chi connectivity index (χ4v) is 2.91. The Morgan fingerprint density at radius 2 is 2.25 bits per heavy atom. The zero-order valence-electron chi connectivity index (χ0n) is 11.4. The van der Waals surface area contributed by atoms with Crippen LogP contribution in [0.2, 0.25) is 5.15 Å². The second-order valence-electron chi connectivity index (χ2n) is 5.00. The van der Waals surface area contributed by atoms with Gasteiger partial charge in [-0.15, -0.1) is 0 Å². The van der Waals surface area contributed by atoms with Crippen LogP contribution < -0.4 is 10.1 Å². The molecule has 0 spiro atoms. The first kappa shape index (κ1) is 13.3. The van der Waals surface area contributed by atoms with Gasteiger partial charge in [0, 0.05) is 6.20 Å². The van der Waals surface area contributed by atoms with Gasteiger partial charge in [-0.3, -0.25) is 0 Å². The Labute approximate surface area is 123 Å². The maximum Gasteiger partial charge on any atom is 0.152 e. The zero-order valence-corrected chi connectivity index (χ0v) is 12.2. The van der Waals surface area contributed by atoms with Crippen molar-refractivity contribution in [1.29, 1.82) is 0 Å². The van der Waals surface area contributed by atoms with E-state index in [0.29, 0.717) is 5.15 Å². The van der Waals surface area contributed by atoms with E-state index in [2.05, 4.69) is 22.4 Å². The van der Waals surface area contributed by atoms with Gasteiger partial charge in [-0.05, 0) is 54.7 Å². The molecule has 0 bridgehead atoms. The summed E-state index contributed by atoms with van der Waals surface area (Å²) in [5.74, 6) is 0.898. The van der Waals surface area contributed by atoms with Gasteiger partial charge in [0.1, 0.15) is 5.75 Å². The van der Waals surface area contributed by atoms with Crippen molar-refractivity contribution in [3.8, 4) is 5.75 Å². The van der Waals surface area contributed by atoms with Crippen LogP contribution in [0.1, 0.15) is 30.0 Å². The lowest BCUT2D eigenvalue weighted by Crippen LogP contribution is -2.17. The molecule has 1 atom stereocenters. The van der Waals surface area contributed by atoms with Gasteiger partial charge in [0.15, 0.2) is 5.15 Å². The Hall–Kier alpha value is -1.74. The topological polar surface area (TPSA) is 34.1 Å². The van der Waals surface area contributed by atoms with Crippen LogP contribution in [0.5, 0.6) is 5.75 Å². The van der Waals surface area contributed by atoms with Crippen molar-refractivity contribution in [2.75, 3.05) is 12.4 Å². The van der Waals surface area contributed by atoms with Crippen molar-refractivity contribution in [1.82, 2.24) is 4.98 Å². The van der Waals surface area contributed by atoms with E-state index in [9.17, 15) is 0 Å². The van der Waals surface area contributed by atoms with Crippen LogP contribution in [0.3, 0.4) is 0 Å². The molecule has 1 N–H and O–H groups in total. The average molecular weight is 289 g/mol. The number of rotatable bonds is 3. The number of nitrogens with one attached hydrogen (secondary N) is 1. The van der Waals surface area contributed by atoms with E-state index in [0.717, 1.165) is 24.3 Å². The fraction of sp³-hybridized carbons (Fsp3) is 0.312. The van der Waals surface area contributed by atoms with E-state index in [4.69, 9.17) is 16.3 Å². The summed E-state index contributed by atoms with van der Waals surface area (Å²) in [4.78, 5) is 4.11. The average Bonchev–Trinajstić information content (AvgIpc) is 2.49. The smallest absolute Gasteiger partial charge is 0.152 e. The molecular weight excluding hydrogens is 272 g/mol.